The van der Waals surface area contributed by atoms with Crippen LogP contribution >= 0.6 is 11.6 Å². The van der Waals surface area contributed by atoms with Crippen LogP contribution in [0, 0.1) is 0 Å². The highest BCUT2D eigenvalue weighted by molar-refractivity contribution is 7.92. The number of hydrogen-bond donors (Lipinski definition) is 1. The minimum Gasteiger partial charge on any atom is -0.493 e. The van der Waals surface area contributed by atoms with Crippen molar-refractivity contribution in [2.45, 2.75) is 23.8 Å². The Bertz CT molecular complexity index is 1010. The van der Waals surface area contributed by atoms with Crippen LogP contribution < -0.4 is 19.1 Å². The van der Waals surface area contributed by atoms with Crippen molar-refractivity contribution in [1.29, 1.82) is 0 Å². The average molecular weight is 469 g/mol. The number of rotatable bonds is 9. The Labute approximate surface area is 187 Å². The molecule has 8 nitrogen and oxygen atoms in total. The van der Waals surface area contributed by atoms with Crippen molar-refractivity contribution >= 4 is 33.2 Å². The number of anilines is 1. The number of halogens is 1. The van der Waals surface area contributed by atoms with Gasteiger partial charge in [-0.25, -0.2) is 8.42 Å². The average Bonchev–Trinajstić information content (AvgIpc) is 3.30. The normalized spacial score (nSPS) is 16.0. The van der Waals surface area contributed by atoms with Gasteiger partial charge in [0.05, 0.1) is 30.9 Å². The number of amides is 1. The van der Waals surface area contributed by atoms with Gasteiger partial charge >= 0.3 is 0 Å². The van der Waals surface area contributed by atoms with E-state index in [0.29, 0.717) is 29.6 Å². The smallest absolute Gasteiger partial charge is 0.264 e. The molecule has 1 saturated heterocycles. The van der Waals surface area contributed by atoms with Gasteiger partial charge < -0.3 is 19.5 Å². The molecule has 10 heteroatoms. The zero-order valence-electron chi connectivity index (χ0n) is 17.3. The Morgan fingerprint density at radius 1 is 1.16 bits per heavy atom. The molecule has 2 aromatic rings. The first-order valence-electron chi connectivity index (χ1n) is 9.74. The summed E-state index contributed by atoms with van der Waals surface area (Å²) >= 11 is 5.96. The Balaban J connectivity index is 1.89. The molecule has 0 saturated carbocycles. The first kappa shape index (κ1) is 23.2. The van der Waals surface area contributed by atoms with E-state index in [1.807, 2.05) is 0 Å². The molecule has 0 unspecified atom stereocenters. The lowest BCUT2D eigenvalue weighted by Gasteiger charge is -2.25. The third-order valence-electron chi connectivity index (χ3n) is 4.90. The molecular weight excluding hydrogens is 444 g/mol. The van der Waals surface area contributed by atoms with Gasteiger partial charge in [0.25, 0.3) is 10.0 Å². The van der Waals surface area contributed by atoms with Gasteiger partial charge in [-0.05, 0) is 49.2 Å². The van der Waals surface area contributed by atoms with Gasteiger partial charge in [0.15, 0.2) is 11.5 Å². The van der Waals surface area contributed by atoms with Crippen LogP contribution in [0.4, 0.5) is 5.69 Å². The fraction of sp³-hybridized carbons (Fsp3) is 0.381. The Hall–Kier alpha value is -2.49. The molecular formula is C21H25ClN2O6S. The summed E-state index contributed by atoms with van der Waals surface area (Å²) < 4.78 is 43.9. The highest BCUT2D eigenvalue weighted by Crippen LogP contribution is 2.32. The third kappa shape index (κ3) is 5.61. The Morgan fingerprint density at radius 2 is 1.87 bits per heavy atom. The molecule has 31 heavy (non-hydrogen) atoms. The topological polar surface area (TPSA) is 94.2 Å². The molecule has 1 fully saturated rings. The summed E-state index contributed by atoms with van der Waals surface area (Å²) in [5.41, 5.74) is 0.312. The highest BCUT2D eigenvalue weighted by atomic mass is 35.5. The van der Waals surface area contributed by atoms with Crippen LogP contribution in [0.25, 0.3) is 0 Å². The largest absolute Gasteiger partial charge is 0.493 e. The zero-order valence-corrected chi connectivity index (χ0v) is 18.9. The van der Waals surface area contributed by atoms with Crippen molar-refractivity contribution in [2.75, 3.05) is 38.2 Å². The van der Waals surface area contributed by atoms with Gasteiger partial charge in [-0.1, -0.05) is 11.6 Å². The van der Waals surface area contributed by atoms with E-state index in [1.165, 1.54) is 32.4 Å². The number of sulfonamides is 1. The van der Waals surface area contributed by atoms with Crippen LogP contribution in [0.1, 0.15) is 12.8 Å². The van der Waals surface area contributed by atoms with Crippen molar-refractivity contribution in [3.8, 4) is 11.5 Å². The van der Waals surface area contributed by atoms with Crippen molar-refractivity contribution in [3.63, 3.8) is 0 Å². The number of nitrogens with one attached hydrogen (secondary N) is 1. The van der Waals surface area contributed by atoms with Crippen LogP contribution in [-0.2, 0) is 19.6 Å². The summed E-state index contributed by atoms with van der Waals surface area (Å²) in [5, 5.41) is 3.21. The molecule has 3 rings (SSSR count). The molecule has 2 aromatic carbocycles. The van der Waals surface area contributed by atoms with E-state index >= 15 is 0 Å². The van der Waals surface area contributed by atoms with E-state index in [1.54, 1.807) is 24.3 Å². The van der Waals surface area contributed by atoms with Crippen LogP contribution in [0.5, 0.6) is 11.5 Å². The molecule has 0 spiro atoms. The molecule has 168 valence electrons. The second-order valence-corrected chi connectivity index (χ2v) is 9.24. The number of carbonyl (C=O) groups is 1. The predicted molar refractivity (Wildman–Crippen MR) is 118 cm³/mol. The molecule has 0 aromatic heterocycles. The number of benzene rings is 2. The molecule has 1 aliphatic rings. The monoisotopic (exact) mass is 468 g/mol. The van der Waals surface area contributed by atoms with E-state index in [2.05, 4.69) is 5.32 Å². The quantitative estimate of drug-likeness (QED) is 0.608. The van der Waals surface area contributed by atoms with Gasteiger partial charge in [0, 0.05) is 24.2 Å². The molecule has 1 heterocycles. The van der Waals surface area contributed by atoms with Crippen molar-refractivity contribution in [2.24, 2.45) is 0 Å². The molecule has 0 aliphatic carbocycles. The Kier molecular flexibility index (Phi) is 7.64. The number of methoxy groups -OCH3 is 2. The first-order chi connectivity index (χ1) is 14.8. The third-order valence-corrected chi connectivity index (χ3v) is 6.92. The van der Waals surface area contributed by atoms with Gasteiger partial charge in [-0.15, -0.1) is 0 Å². The SMILES string of the molecule is COc1ccc(S(=O)(=O)N(CC(=O)NC[C@@H]2CCCO2)c2ccc(Cl)cc2)cc1OC. The maximum Gasteiger partial charge on any atom is 0.264 e. The van der Waals surface area contributed by atoms with Gasteiger partial charge in [-0.2, -0.15) is 0 Å². The predicted octanol–water partition coefficient (Wildman–Crippen LogP) is 2.85. The number of ether oxygens (including phenoxy) is 3. The van der Waals surface area contributed by atoms with Crippen LogP contribution in [0.3, 0.4) is 0 Å². The van der Waals surface area contributed by atoms with Crippen LogP contribution in [0.2, 0.25) is 5.02 Å². The maximum absolute atomic E-state index is 13.5. The summed E-state index contributed by atoms with van der Waals surface area (Å²) in [7, 11) is -1.21. The van der Waals surface area contributed by atoms with Crippen LogP contribution in [0.15, 0.2) is 47.4 Å². The second-order valence-electron chi connectivity index (χ2n) is 6.94. The van der Waals surface area contributed by atoms with Crippen molar-refractivity contribution in [1.82, 2.24) is 5.32 Å². The van der Waals surface area contributed by atoms with E-state index in [4.69, 9.17) is 25.8 Å². The minimum atomic E-state index is -4.09. The fourth-order valence-corrected chi connectivity index (χ4v) is 4.81. The number of hydrogen-bond acceptors (Lipinski definition) is 6. The van der Waals surface area contributed by atoms with E-state index in [-0.39, 0.29) is 16.7 Å². The van der Waals surface area contributed by atoms with Crippen LogP contribution in [-0.4, -0.2) is 54.3 Å². The lowest BCUT2D eigenvalue weighted by atomic mass is 10.2. The first-order valence-corrected chi connectivity index (χ1v) is 11.6. The lowest BCUT2D eigenvalue weighted by Crippen LogP contribution is -2.42. The summed E-state index contributed by atoms with van der Waals surface area (Å²) in [6.07, 6.45) is 1.77. The standard InChI is InChI=1S/C21H25ClN2O6S/c1-28-19-10-9-18(12-20(19)29-2)31(26,27)24(16-7-5-15(22)6-8-16)14-21(25)23-13-17-4-3-11-30-17/h5-10,12,17H,3-4,11,13-14H2,1-2H3,(H,23,25)/t17-/m0/s1. The minimum absolute atomic E-state index is 0.0352. The summed E-state index contributed by atoms with van der Waals surface area (Å²) in [4.78, 5) is 12.6. The lowest BCUT2D eigenvalue weighted by molar-refractivity contribution is -0.120. The fourth-order valence-electron chi connectivity index (χ4n) is 3.25. The maximum atomic E-state index is 13.5. The Morgan fingerprint density at radius 3 is 2.48 bits per heavy atom. The second kappa shape index (κ2) is 10.2. The highest BCUT2D eigenvalue weighted by Gasteiger charge is 2.29. The molecule has 1 N–H and O–H groups in total. The van der Waals surface area contributed by atoms with E-state index in [0.717, 1.165) is 17.1 Å². The number of nitrogens with zero attached hydrogens (tertiary/aromatic N) is 1. The van der Waals surface area contributed by atoms with Crippen molar-refractivity contribution in [3.05, 3.63) is 47.5 Å². The van der Waals surface area contributed by atoms with E-state index < -0.39 is 22.5 Å². The molecule has 1 atom stereocenters. The van der Waals surface area contributed by atoms with Gasteiger partial charge in [-0.3, -0.25) is 9.10 Å². The molecule has 1 amide bonds. The van der Waals surface area contributed by atoms with Crippen molar-refractivity contribution < 1.29 is 27.4 Å². The number of carbonyl (C=O) groups excluding carboxylic acids is 1. The molecule has 1 aliphatic heterocycles. The summed E-state index contributed by atoms with van der Waals surface area (Å²) in [6, 6.07) is 10.5. The van der Waals surface area contributed by atoms with E-state index in [9.17, 15) is 13.2 Å². The molecule has 0 radical (unpaired) electrons. The summed E-state index contributed by atoms with van der Waals surface area (Å²) in [6.45, 7) is 0.611. The summed E-state index contributed by atoms with van der Waals surface area (Å²) in [5.74, 6) is 0.228. The van der Waals surface area contributed by atoms with Gasteiger partial charge in [0.2, 0.25) is 5.91 Å². The molecule has 0 bridgehead atoms. The van der Waals surface area contributed by atoms with Gasteiger partial charge in [0.1, 0.15) is 6.54 Å². The zero-order chi connectivity index (χ0) is 22.4.